The van der Waals surface area contributed by atoms with Crippen molar-refractivity contribution in [3.05, 3.63) is 41.6 Å². The number of aliphatic carboxylic acids is 1. The third-order valence-electron chi connectivity index (χ3n) is 2.74. The molecule has 0 bridgehead atoms. The number of benzene rings is 1. The highest BCUT2D eigenvalue weighted by molar-refractivity contribution is 5.95. The highest BCUT2D eigenvalue weighted by Crippen LogP contribution is 2.18. The molecule has 0 aliphatic rings. The summed E-state index contributed by atoms with van der Waals surface area (Å²) in [5.41, 5.74) is 2.09. The summed E-state index contributed by atoms with van der Waals surface area (Å²) >= 11 is 0. The van der Waals surface area contributed by atoms with E-state index in [0.29, 0.717) is 12.3 Å². The van der Waals surface area contributed by atoms with Gasteiger partial charge in [0.2, 0.25) is 0 Å². The second-order valence-electron chi connectivity index (χ2n) is 4.25. The largest absolute Gasteiger partial charge is 0.481 e. The number of carbonyl (C=O) groups is 2. The van der Waals surface area contributed by atoms with Crippen LogP contribution in [0.15, 0.2) is 30.3 Å². The summed E-state index contributed by atoms with van der Waals surface area (Å²) in [7, 11) is 0. The predicted molar refractivity (Wildman–Crippen MR) is 75.5 cm³/mol. The number of aromatic nitrogens is 1. The number of rotatable bonds is 5. The topological polar surface area (TPSA) is 79.4 Å². The molecule has 0 radical (unpaired) electrons. The predicted octanol–water partition coefficient (Wildman–Crippen LogP) is 2.83. The van der Waals surface area contributed by atoms with E-state index in [0.717, 1.165) is 16.5 Å². The molecule has 0 saturated heterocycles. The van der Waals surface area contributed by atoms with Crippen molar-refractivity contribution in [2.45, 2.75) is 13.3 Å². The fourth-order valence-corrected chi connectivity index (χ4v) is 1.86. The number of carbonyl (C=O) groups excluding carboxylic acids is 1. The Morgan fingerprint density at radius 2 is 2.15 bits per heavy atom. The summed E-state index contributed by atoms with van der Waals surface area (Å²) in [5.74, 6) is -1.25. The average molecular weight is 273 g/mol. The lowest BCUT2D eigenvalue weighted by Gasteiger charge is -1.97. The molecule has 1 aromatic carbocycles. The number of hydrogen-bond acceptors (Lipinski definition) is 3. The van der Waals surface area contributed by atoms with E-state index in [-0.39, 0.29) is 12.4 Å². The molecule has 1 heterocycles. The molecular weight excluding hydrogens is 258 g/mol. The molecule has 0 amide bonds. The number of carboxylic acids is 1. The molecule has 0 aliphatic heterocycles. The summed E-state index contributed by atoms with van der Waals surface area (Å²) < 4.78 is 4.93. The minimum Gasteiger partial charge on any atom is -0.481 e. The first-order valence-electron chi connectivity index (χ1n) is 6.28. The molecule has 0 saturated carbocycles. The normalized spacial score (nSPS) is 11.1. The van der Waals surface area contributed by atoms with Crippen LogP contribution in [0.2, 0.25) is 0 Å². The Bertz CT molecular complexity index is 670. The van der Waals surface area contributed by atoms with E-state index in [1.54, 1.807) is 25.1 Å². The molecule has 0 atom stereocenters. The number of carboxylic acid groups (broad SMARTS) is 1. The highest BCUT2D eigenvalue weighted by Gasteiger charge is 2.09. The fourth-order valence-electron chi connectivity index (χ4n) is 1.86. The van der Waals surface area contributed by atoms with Crippen molar-refractivity contribution in [1.82, 2.24) is 4.98 Å². The van der Waals surface area contributed by atoms with Gasteiger partial charge in [-0.25, -0.2) is 4.79 Å². The zero-order valence-electron chi connectivity index (χ0n) is 11.1. The van der Waals surface area contributed by atoms with Gasteiger partial charge in [0.15, 0.2) is 0 Å². The Balaban J connectivity index is 2.23. The molecule has 2 N–H and O–H groups in total. The van der Waals surface area contributed by atoms with E-state index >= 15 is 0 Å². The lowest BCUT2D eigenvalue weighted by atomic mass is 10.1. The van der Waals surface area contributed by atoms with Crippen LogP contribution in [0.3, 0.4) is 0 Å². The van der Waals surface area contributed by atoms with Crippen molar-refractivity contribution in [3.8, 4) is 0 Å². The zero-order chi connectivity index (χ0) is 14.5. The molecular formula is C15H15NO4. The van der Waals surface area contributed by atoms with Crippen LogP contribution >= 0.6 is 0 Å². The van der Waals surface area contributed by atoms with Crippen molar-refractivity contribution >= 4 is 28.9 Å². The summed E-state index contributed by atoms with van der Waals surface area (Å²) in [6.45, 7) is 2.09. The van der Waals surface area contributed by atoms with E-state index in [2.05, 4.69) is 4.98 Å². The monoisotopic (exact) mass is 273 g/mol. The van der Waals surface area contributed by atoms with Gasteiger partial charge >= 0.3 is 11.9 Å². The van der Waals surface area contributed by atoms with E-state index in [9.17, 15) is 9.59 Å². The summed E-state index contributed by atoms with van der Waals surface area (Å²) in [5, 5.41) is 9.48. The van der Waals surface area contributed by atoms with Crippen LogP contribution in [0.5, 0.6) is 0 Å². The van der Waals surface area contributed by atoms with Crippen molar-refractivity contribution in [2.75, 3.05) is 6.61 Å². The van der Waals surface area contributed by atoms with E-state index < -0.39 is 5.97 Å². The Labute approximate surface area is 115 Å². The van der Waals surface area contributed by atoms with Crippen molar-refractivity contribution in [1.29, 1.82) is 0 Å². The van der Waals surface area contributed by atoms with Gasteiger partial charge < -0.3 is 14.8 Å². The molecule has 0 unspecified atom stereocenters. The third-order valence-corrected chi connectivity index (χ3v) is 2.74. The van der Waals surface area contributed by atoms with Crippen LogP contribution in [0, 0.1) is 0 Å². The van der Waals surface area contributed by atoms with Crippen LogP contribution in [-0.4, -0.2) is 28.6 Å². The number of aromatic amines is 1. The summed E-state index contributed by atoms with van der Waals surface area (Å²) in [4.78, 5) is 25.0. The molecule has 0 fully saturated rings. The van der Waals surface area contributed by atoms with Gasteiger partial charge in [-0.3, -0.25) is 4.79 Å². The van der Waals surface area contributed by atoms with E-state index in [4.69, 9.17) is 9.84 Å². The first kappa shape index (κ1) is 13.9. The maximum atomic E-state index is 11.6. The van der Waals surface area contributed by atoms with Crippen LogP contribution in [0.1, 0.15) is 29.4 Å². The second kappa shape index (κ2) is 6.06. The van der Waals surface area contributed by atoms with Crippen molar-refractivity contribution in [3.63, 3.8) is 0 Å². The van der Waals surface area contributed by atoms with Gasteiger partial charge in [-0.05, 0) is 24.6 Å². The Hall–Kier alpha value is -2.56. The zero-order valence-corrected chi connectivity index (χ0v) is 11.1. The smallest absolute Gasteiger partial charge is 0.354 e. The molecule has 104 valence electrons. The SMILES string of the molecule is CCOC(=O)c1cc2ccc(C=CCC(=O)O)cc2[nH]1. The first-order valence-corrected chi connectivity index (χ1v) is 6.28. The van der Waals surface area contributed by atoms with E-state index in [1.165, 1.54) is 0 Å². The molecule has 2 rings (SSSR count). The van der Waals surface area contributed by atoms with Crippen LogP contribution in [0.4, 0.5) is 0 Å². The second-order valence-corrected chi connectivity index (χ2v) is 4.25. The van der Waals surface area contributed by atoms with Gasteiger partial charge in [0, 0.05) is 10.9 Å². The van der Waals surface area contributed by atoms with Gasteiger partial charge in [-0.1, -0.05) is 24.3 Å². The minimum absolute atomic E-state index is 0.0170. The highest BCUT2D eigenvalue weighted by atomic mass is 16.5. The lowest BCUT2D eigenvalue weighted by Crippen LogP contribution is -2.04. The number of ether oxygens (including phenoxy) is 1. The van der Waals surface area contributed by atoms with Gasteiger partial charge in [0.1, 0.15) is 5.69 Å². The molecule has 2 aromatic rings. The maximum Gasteiger partial charge on any atom is 0.354 e. The number of hydrogen-bond donors (Lipinski definition) is 2. The average Bonchev–Trinajstić information content (AvgIpc) is 2.81. The number of fused-ring (bicyclic) bond motifs is 1. The minimum atomic E-state index is -0.869. The molecule has 1 aromatic heterocycles. The number of H-pyrrole nitrogens is 1. The number of esters is 1. The maximum absolute atomic E-state index is 11.6. The molecule has 0 aliphatic carbocycles. The van der Waals surface area contributed by atoms with Crippen LogP contribution in [-0.2, 0) is 9.53 Å². The molecule has 5 heteroatoms. The van der Waals surface area contributed by atoms with Gasteiger partial charge in [0.25, 0.3) is 0 Å². The lowest BCUT2D eigenvalue weighted by molar-refractivity contribution is -0.135. The molecule has 20 heavy (non-hydrogen) atoms. The number of nitrogens with one attached hydrogen (secondary N) is 1. The summed E-state index contributed by atoms with van der Waals surface area (Å²) in [6, 6.07) is 7.33. The van der Waals surface area contributed by atoms with Crippen molar-refractivity contribution in [2.24, 2.45) is 0 Å². The quantitative estimate of drug-likeness (QED) is 0.821. The standard InChI is InChI=1S/C15H15NO4/c1-2-20-15(19)13-9-11-7-6-10(8-12(11)16-13)4-3-5-14(17)18/h3-4,6-9,16H,2,5H2,1H3,(H,17,18). The van der Waals surface area contributed by atoms with Gasteiger partial charge in [0.05, 0.1) is 13.0 Å². The van der Waals surface area contributed by atoms with Crippen molar-refractivity contribution < 1.29 is 19.4 Å². The van der Waals surface area contributed by atoms with E-state index in [1.807, 2.05) is 18.2 Å². The Morgan fingerprint density at radius 1 is 1.35 bits per heavy atom. The fraction of sp³-hybridized carbons (Fsp3) is 0.200. The van der Waals surface area contributed by atoms with Gasteiger partial charge in [-0.15, -0.1) is 0 Å². The Kier molecular flexibility index (Phi) is 4.20. The Morgan fingerprint density at radius 3 is 2.85 bits per heavy atom. The third kappa shape index (κ3) is 3.26. The van der Waals surface area contributed by atoms with Crippen LogP contribution < -0.4 is 0 Å². The first-order chi connectivity index (χ1) is 9.60. The van der Waals surface area contributed by atoms with Crippen LogP contribution in [0.25, 0.3) is 17.0 Å². The van der Waals surface area contributed by atoms with Gasteiger partial charge in [-0.2, -0.15) is 0 Å². The molecule has 5 nitrogen and oxygen atoms in total. The molecule has 0 spiro atoms. The summed E-state index contributed by atoms with van der Waals surface area (Å²) in [6.07, 6.45) is 3.30.